The molecule has 1 aliphatic heterocycles. The second-order valence-electron chi connectivity index (χ2n) is 6.51. The topological polar surface area (TPSA) is 32.3 Å². The van der Waals surface area contributed by atoms with E-state index in [-0.39, 0.29) is 0 Å². The highest BCUT2D eigenvalue weighted by Crippen LogP contribution is 2.19. The van der Waals surface area contributed by atoms with Crippen LogP contribution in [-0.4, -0.2) is 45.9 Å². The Balaban J connectivity index is 1.35. The van der Waals surface area contributed by atoms with E-state index in [0.717, 1.165) is 60.8 Å². The quantitative estimate of drug-likeness (QED) is 0.606. The van der Waals surface area contributed by atoms with Crippen molar-refractivity contribution >= 4 is 27.3 Å². The second-order valence-corrected chi connectivity index (χ2v) is 8.46. The van der Waals surface area contributed by atoms with E-state index in [9.17, 15) is 0 Å². The molecule has 1 saturated heterocycles. The minimum absolute atomic E-state index is 0.798. The van der Waals surface area contributed by atoms with E-state index < -0.39 is 0 Å². The summed E-state index contributed by atoms with van der Waals surface area (Å²) in [7, 11) is 0. The number of rotatable bonds is 5. The number of hydrogen-bond donors (Lipinski definition) is 0. The summed E-state index contributed by atoms with van der Waals surface area (Å²) in [4.78, 5) is 15.7. The van der Waals surface area contributed by atoms with E-state index in [0.29, 0.717) is 0 Å². The van der Waals surface area contributed by atoms with Gasteiger partial charge in [-0.15, -0.1) is 11.3 Å². The van der Waals surface area contributed by atoms with Crippen molar-refractivity contribution in [3.63, 3.8) is 0 Å². The molecular formula is C20H21BrN4S. The number of halogens is 1. The number of nitrogens with zero attached hydrogens (tertiary/aromatic N) is 4. The molecular weight excluding hydrogens is 408 g/mol. The molecule has 3 aromatic rings. The van der Waals surface area contributed by atoms with Gasteiger partial charge >= 0.3 is 0 Å². The van der Waals surface area contributed by atoms with Gasteiger partial charge in [0.05, 0.1) is 5.69 Å². The first-order valence-corrected chi connectivity index (χ1v) is 10.5. The molecule has 0 bridgehead atoms. The van der Waals surface area contributed by atoms with Crippen LogP contribution in [0.25, 0.3) is 11.4 Å². The standard InChI is InChI=1S/C20H21BrN4S/c21-17-5-3-16(4-6-17)20-22-8-7-18(23-20)14-24-9-11-25(12-10-24)15-19-2-1-13-26-19/h1-8,13H,9-12,14-15H2. The van der Waals surface area contributed by atoms with Gasteiger partial charge in [0, 0.05) is 60.4 Å². The summed E-state index contributed by atoms with van der Waals surface area (Å²) in [6, 6.07) is 14.5. The number of aromatic nitrogens is 2. The van der Waals surface area contributed by atoms with Crippen molar-refractivity contribution in [3.8, 4) is 11.4 Å². The van der Waals surface area contributed by atoms with E-state index in [4.69, 9.17) is 4.98 Å². The number of hydrogen-bond acceptors (Lipinski definition) is 5. The molecule has 3 heterocycles. The third kappa shape index (κ3) is 4.57. The predicted molar refractivity (Wildman–Crippen MR) is 110 cm³/mol. The third-order valence-corrected chi connectivity index (χ3v) is 6.02. The van der Waals surface area contributed by atoms with Crippen molar-refractivity contribution in [2.24, 2.45) is 0 Å². The van der Waals surface area contributed by atoms with Crippen molar-refractivity contribution < 1.29 is 0 Å². The largest absolute Gasteiger partial charge is 0.296 e. The van der Waals surface area contributed by atoms with Crippen molar-refractivity contribution in [2.45, 2.75) is 13.1 Å². The van der Waals surface area contributed by atoms with Crippen molar-refractivity contribution in [2.75, 3.05) is 26.2 Å². The van der Waals surface area contributed by atoms with Gasteiger partial charge < -0.3 is 0 Å². The van der Waals surface area contributed by atoms with Gasteiger partial charge in [0.15, 0.2) is 5.82 Å². The zero-order valence-electron chi connectivity index (χ0n) is 14.5. The van der Waals surface area contributed by atoms with Gasteiger partial charge in [0.1, 0.15) is 0 Å². The fourth-order valence-electron chi connectivity index (χ4n) is 3.18. The first-order valence-electron chi connectivity index (χ1n) is 8.81. The fourth-order valence-corrected chi connectivity index (χ4v) is 4.19. The van der Waals surface area contributed by atoms with Crippen LogP contribution >= 0.6 is 27.3 Å². The molecule has 4 rings (SSSR count). The molecule has 26 heavy (non-hydrogen) atoms. The molecule has 134 valence electrons. The Bertz CT molecular complexity index is 827. The summed E-state index contributed by atoms with van der Waals surface area (Å²) in [5.74, 6) is 0.798. The van der Waals surface area contributed by atoms with Crippen molar-refractivity contribution in [1.82, 2.24) is 19.8 Å². The Kier molecular flexibility index (Phi) is 5.75. The van der Waals surface area contributed by atoms with Crippen LogP contribution in [0.4, 0.5) is 0 Å². The maximum atomic E-state index is 4.77. The number of benzene rings is 1. The lowest BCUT2D eigenvalue weighted by molar-refractivity contribution is 0.122. The molecule has 0 atom stereocenters. The molecule has 0 spiro atoms. The van der Waals surface area contributed by atoms with Crippen molar-refractivity contribution in [1.29, 1.82) is 0 Å². The van der Waals surface area contributed by atoms with Crippen LogP contribution < -0.4 is 0 Å². The fraction of sp³-hybridized carbons (Fsp3) is 0.300. The summed E-state index contributed by atoms with van der Waals surface area (Å²) in [5, 5.41) is 2.16. The van der Waals surface area contributed by atoms with Crippen LogP contribution in [-0.2, 0) is 13.1 Å². The third-order valence-electron chi connectivity index (χ3n) is 4.63. The Morgan fingerprint density at radius 2 is 1.65 bits per heavy atom. The monoisotopic (exact) mass is 428 g/mol. The maximum absolute atomic E-state index is 4.77. The van der Waals surface area contributed by atoms with Gasteiger partial charge in [-0.05, 0) is 29.6 Å². The maximum Gasteiger partial charge on any atom is 0.159 e. The molecule has 0 N–H and O–H groups in total. The average Bonchev–Trinajstić information content (AvgIpc) is 3.17. The molecule has 0 radical (unpaired) electrons. The molecule has 1 aliphatic rings. The van der Waals surface area contributed by atoms with Gasteiger partial charge in [0.25, 0.3) is 0 Å². The Hall–Kier alpha value is -1.60. The van der Waals surface area contributed by atoms with E-state index in [1.165, 1.54) is 4.88 Å². The minimum atomic E-state index is 0.798. The molecule has 4 nitrogen and oxygen atoms in total. The van der Waals surface area contributed by atoms with Crippen LogP contribution in [0.5, 0.6) is 0 Å². The summed E-state index contributed by atoms with van der Waals surface area (Å²) < 4.78 is 1.07. The SMILES string of the molecule is Brc1ccc(-c2nccc(CN3CCN(Cc4cccs4)CC3)n2)cc1. The Morgan fingerprint density at radius 3 is 2.35 bits per heavy atom. The molecule has 1 fully saturated rings. The first kappa shape index (κ1) is 17.8. The highest BCUT2D eigenvalue weighted by molar-refractivity contribution is 9.10. The highest BCUT2D eigenvalue weighted by atomic mass is 79.9. The normalized spacial score (nSPS) is 16.0. The van der Waals surface area contributed by atoms with Crippen LogP contribution in [0, 0.1) is 0 Å². The van der Waals surface area contributed by atoms with Gasteiger partial charge in [-0.1, -0.05) is 34.1 Å². The number of thiophene rings is 1. The highest BCUT2D eigenvalue weighted by Gasteiger charge is 2.18. The number of piperazine rings is 1. The molecule has 0 unspecified atom stereocenters. The molecule has 2 aromatic heterocycles. The van der Waals surface area contributed by atoms with Gasteiger partial charge in [-0.25, -0.2) is 9.97 Å². The van der Waals surface area contributed by atoms with Crippen LogP contribution in [0.2, 0.25) is 0 Å². The van der Waals surface area contributed by atoms with Crippen LogP contribution in [0.3, 0.4) is 0 Å². The Labute approximate surface area is 166 Å². The Morgan fingerprint density at radius 1 is 0.923 bits per heavy atom. The summed E-state index contributed by atoms with van der Waals surface area (Å²) in [6.45, 7) is 6.36. The summed E-state index contributed by atoms with van der Waals surface area (Å²) in [6.07, 6.45) is 1.87. The lowest BCUT2D eigenvalue weighted by Crippen LogP contribution is -2.45. The minimum Gasteiger partial charge on any atom is -0.296 e. The zero-order valence-corrected chi connectivity index (χ0v) is 16.9. The van der Waals surface area contributed by atoms with Gasteiger partial charge in [0.2, 0.25) is 0 Å². The van der Waals surface area contributed by atoms with E-state index in [2.05, 4.69) is 48.2 Å². The molecule has 6 heteroatoms. The molecule has 0 amide bonds. The van der Waals surface area contributed by atoms with E-state index in [1.54, 1.807) is 0 Å². The van der Waals surface area contributed by atoms with E-state index in [1.807, 2.05) is 47.9 Å². The second kappa shape index (κ2) is 8.39. The zero-order chi connectivity index (χ0) is 17.8. The smallest absolute Gasteiger partial charge is 0.159 e. The molecule has 0 saturated carbocycles. The van der Waals surface area contributed by atoms with Crippen molar-refractivity contribution in [3.05, 3.63) is 69.1 Å². The van der Waals surface area contributed by atoms with Gasteiger partial charge in [-0.3, -0.25) is 9.80 Å². The lowest BCUT2D eigenvalue weighted by atomic mass is 10.2. The summed E-state index contributed by atoms with van der Waals surface area (Å²) in [5.41, 5.74) is 2.14. The van der Waals surface area contributed by atoms with E-state index >= 15 is 0 Å². The molecule has 0 aliphatic carbocycles. The van der Waals surface area contributed by atoms with Gasteiger partial charge in [-0.2, -0.15) is 0 Å². The summed E-state index contributed by atoms with van der Waals surface area (Å²) >= 11 is 5.32. The van der Waals surface area contributed by atoms with Crippen LogP contribution in [0.15, 0.2) is 58.5 Å². The lowest BCUT2D eigenvalue weighted by Gasteiger charge is -2.34. The average molecular weight is 429 g/mol. The predicted octanol–water partition coefficient (Wildman–Crippen LogP) is 4.29. The first-order chi connectivity index (χ1) is 12.8. The van der Waals surface area contributed by atoms with Crippen LogP contribution in [0.1, 0.15) is 10.6 Å². The molecule has 1 aromatic carbocycles.